The van der Waals surface area contributed by atoms with Gasteiger partial charge in [0, 0.05) is 0 Å². The summed E-state index contributed by atoms with van der Waals surface area (Å²) in [7, 11) is 2.93. The van der Waals surface area contributed by atoms with Crippen molar-refractivity contribution in [3.05, 3.63) is 0 Å². The van der Waals surface area contributed by atoms with Crippen LogP contribution in [0.25, 0.3) is 0 Å². The summed E-state index contributed by atoms with van der Waals surface area (Å²) in [6.07, 6.45) is 13.1. The van der Waals surface area contributed by atoms with Gasteiger partial charge in [-0.05, 0) is 60.4 Å². The highest BCUT2D eigenvalue weighted by Gasteiger charge is 2.31. The monoisotopic (exact) mass is 326 g/mol. The van der Waals surface area contributed by atoms with E-state index in [-0.39, 0.29) is 0 Å². The summed E-state index contributed by atoms with van der Waals surface area (Å²) >= 11 is 0. The third kappa shape index (κ3) is 8.90. The Labute approximate surface area is 143 Å². The molecule has 0 N–H and O–H groups in total. The molecule has 0 amide bonds. The van der Waals surface area contributed by atoms with Crippen molar-refractivity contribution in [3.63, 3.8) is 0 Å². The summed E-state index contributed by atoms with van der Waals surface area (Å²) in [6.45, 7) is 14.1. The first kappa shape index (κ1) is 20.5. The van der Waals surface area contributed by atoms with Crippen LogP contribution in [0.15, 0.2) is 0 Å². The summed E-state index contributed by atoms with van der Waals surface area (Å²) in [6, 6.07) is 0. The molecule has 0 heterocycles. The lowest BCUT2D eigenvalue weighted by Gasteiger charge is -2.32. The molecule has 2 aliphatic rings. The van der Waals surface area contributed by atoms with Crippen LogP contribution in [0.5, 0.6) is 0 Å². The Morgan fingerprint density at radius 2 is 1.64 bits per heavy atom. The molecule has 0 aromatic heterocycles. The topological polar surface area (TPSA) is 0 Å². The van der Waals surface area contributed by atoms with Crippen molar-refractivity contribution in [1.29, 1.82) is 0 Å². The molecule has 0 nitrogen and oxygen atoms in total. The van der Waals surface area contributed by atoms with Crippen molar-refractivity contribution in [3.8, 4) is 0 Å². The molecule has 132 valence electrons. The van der Waals surface area contributed by atoms with Gasteiger partial charge in [0.2, 0.25) is 0 Å². The Kier molecular flexibility index (Phi) is 8.99. The Bertz CT molecular complexity index is 281. The zero-order valence-electron chi connectivity index (χ0n) is 16.3. The van der Waals surface area contributed by atoms with Crippen LogP contribution < -0.4 is 0 Å². The number of rotatable bonds is 7. The SMILES string of the molecule is CCCC(CC)C(C)CC(C)(C)C.PC1CC(CC2CC2)C1. The summed E-state index contributed by atoms with van der Waals surface area (Å²) < 4.78 is 0. The van der Waals surface area contributed by atoms with E-state index >= 15 is 0 Å². The van der Waals surface area contributed by atoms with E-state index in [1.54, 1.807) is 6.42 Å². The van der Waals surface area contributed by atoms with Crippen LogP contribution in [-0.4, -0.2) is 5.66 Å². The van der Waals surface area contributed by atoms with Gasteiger partial charge in [-0.2, -0.15) is 0 Å². The van der Waals surface area contributed by atoms with Crippen molar-refractivity contribution in [2.75, 3.05) is 0 Å². The number of hydrogen-bond donors (Lipinski definition) is 0. The van der Waals surface area contributed by atoms with E-state index in [1.807, 2.05) is 0 Å². The first-order chi connectivity index (χ1) is 10.2. The minimum atomic E-state index is 0.501. The van der Waals surface area contributed by atoms with Crippen LogP contribution in [0.4, 0.5) is 0 Å². The zero-order valence-corrected chi connectivity index (χ0v) is 17.5. The molecule has 22 heavy (non-hydrogen) atoms. The predicted molar refractivity (Wildman–Crippen MR) is 105 cm³/mol. The van der Waals surface area contributed by atoms with Crippen molar-refractivity contribution < 1.29 is 0 Å². The van der Waals surface area contributed by atoms with E-state index in [0.29, 0.717) is 5.41 Å². The van der Waals surface area contributed by atoms with E-state index in [0.717, 1.165) is 29.3 Å². The molecule has 0 saturated heterocycles. The van der Waals surface area contributed by atoms with Crippen molar-refractivity contribution in [1.82, 2.24) is 0 Å². The molecular formula is C21H43P. The van der Waals surface area contributed by atoms with Gasteiger partial charge in [-0.3, -0.25) is 0 Å². The Morgan fingerprint density at radius 1 is 1.05 bits per heavy atom. The minimum Gasteiger partial charge on any atom is -0.134 e. The van der Waals surface area contributed by atoms with Gasteiger partial charge < -0.3 is 0 Å². The van der Waals surface area contributed by atoms with Crippen molar-refractivity contribution in [2.45, 2.75) is 105 Å². The van der Waals surface area contributed by atoms with Gasteiger partial charge >= 0.3 is 0 Å². The highest BCUT2D eigenvalue weighted by molar-refractivity contribution is 7.17. The highest BCUT2D eigenvalue weighted by atomic mass is 31.0. The van der Waals surface area contributed by atoms with E-state index in [9.17, 15) is 0 Å². The van der Waals surface area contributed by atoms with Gasteiger partial charge in [0.05, 0.1) is 0 Å². The fraction of sp³-hybridized carbons (Fsp3) is 1.00. The predicted octanol–water partition coefficient (Wildman–Crippen LogP) is 7.33. The Balaban J connectivity index is 0.000000231. The van der Waals surface area contributed by atoms with E-state index in [2.05, 4.69) is 50.8 Å². The van der Waals surface area contributed by atoms with Crippen LogP contribution >= 0.6 is 9.24 Å². The zero-order chi connectivity index (χ0) is 16.8. The van der Waals surface area contributed by atoms with Crippen LogP contribution in [0.1, 0.15) is 99.3 Å². The van der Waals surface area contributed by atoms with Gasteiger partial charge in [0.25, 0.3) is 0 Å². The second-order valence-corrected chi connectivity index (χ2v) is 10.4. The lowest BCUT2D eigenvalue weighted by atomic mass is 9.77. The van der Waals surface area contributed by atoms with E-state index in [1.165, 1.54) is 51.4 Å². The van der Waals surface area contributed by atoms with Crippen LogP contribution in [-0.2, 0) is 0 Å². The third-order valence-corrected chi connectivity index (χ3v) is 6.10. The first-order valence-electron chi connectivity index (χ1n) is 10.0. The van der Waals surface area contributed by atoms with Crippen LogP contribution in [0.3, 0.4) is 0 Å². The summed E-state index contributed by atoms with van der Waals surface area (Å²) in [5.41, 5.74) is 1.48. The fourth-order valence-electron chi connectivity index (χ4n) is 4.20. The van der Waals surface area contributed by atoms with Gasteiger partial charge in [-0.1, -0.05) is 73.6 Å². The van der Waals surface area contributed by atoms with Crippen molar-refractivity contribution in [2.24, 2.45) is 29.1 Å². The van der Waals surface area contributed by atoms with Gasteiger partial charge in [-0.15, -0.1) is 9.24 Å². The molecule has 0 bridgehead atoms. The molecule has 0 aromatic carbocycles. The van der Waals surface area contributed by atoms with E-state index < -0.39 is 0 Å². The quantitative estimate of drug-likeness (QED) is 0.430. The van der Waals surface area contributed by atoms with Crippen molar-refractivity contribution >= 4 is 9.24 Å². The fourth-order valence-corrected chi connectivity index (χ4v) is 4.97. The largest absolute Gasteiger partial charge is 0.134 e. The minimum absolute atomic E-state index is 0.501. The average molecular weight is 327 g/mol. The second kappa shape index (κ2) is 9.66. The van der Waals surface area contributed by atoms with Crippen LogP contribution in [0, 0.1) is 29.1 Å². The molecule has 3 atom stereocenters. The van der Waals surface area contributed by atoms with E-state index in [4.69, 9.17) is 0 Å². The molecule has 1 heteroatoms. The van der Waals surface area contributed by atoms with Gasteiger partial charge in [0.15, 0.2) is 0 Å². The normalized spacial score (nSPS) is 27.4. The first-order valence-corrected chi connectivity index (χ1v) is 10.7. The lowest BCUT2D eigenvalue weighted by Crippen LogP contribution is -2.23. The molecular weight excluding hydrogens is 283 g/mol. The molecule has 2 rings (SSSR count). The maximum atomic E-state index is 2.93. The highest BCUT2D eigenvalue weighted by Crippen LogP contribution is 2.44. The molecule has 2 aliphatic carbocycles. The molecule has 3 unspecified atom stereocenters. The number of hydrogen-bond acceptors (Lipinski definition) is 0. The molecule has 2 saturated carbocycles. The molecule has 0 aliphatic heterocycles. The summed E-state index contributed by atoms with van der Waals surface area (Å²) in [5, 5.41) is 0. The Morgan fingerprint density at radius 3 is 2.00 bits per heavy atom. The molecule has 2 fully saturated rings. The second-order valence-electron chi connectivity index (χ2n) is 9.48. The summed E-state index contributed by atoms with van der Waals surface area (Å²) in [4.78, 5) is 0. The van der Waals surface area contributed by atoms with Crippen LogP contribution in [0.2, 0.25) is 0 Å². The maximum absolute atomic E-state index is 2.93. The smallest absolute Gasteiger partial charge is 0.0259 e. The Hall–Kier alpha value is 0.430. The maximum Gasteiger partial charge on any atom is -0.0259 e. The lowest BCUT2D eigenvalue weighted by molar-refractivity contribution is 0.223. The van der Waals surface area contributed by atoms with Gasteiger partial charge in [-0.25, -0.2) is 0 Å². The molecule has 0 aromatic rings. The summed E-state index contributed by atoms with van der Waals surface area (Å²) in [5.74, 6) is 4.13. The average Bonchev–Trinajstić information content (AvgIpc) is 3.16. The molecule has 0 spiro atoms. The third-order valence-electron chi connectivity index (χ3n) is 5.56. The van der Waals surface area contributed by atoms with Gasteiger partial charge in [0.1, 0.15) is 0 Å². The standard InChI is InChI=1S/C13H28.C8H15P/c1-7-9-12(8-2)11(3)10-13(4,5)6;9-8-4-7(5-8)3-6-1-2-6/h11-12H,7-10H2,1-6H3;6-8H,1-5,9H2. The molecule has 0 radical (unpaired) electrons.